The van der Waals surface area contributed by atoms with Crippen LogP contribution in [0.5, 0.6) is 0 Å². The van der Waals surface area contributed by atoms with Crippen molar-refractivity contribution in [2.75, 3.05) is 6.54 Å². The smallest absolute Gasteiger partial charge is 0.0449 e. The van der Waals surface area contributed by atoms with Gasteiger partial charge in [-0.1, -0.05) is 30.5 Å². The summed E-state index contributed by atoms with van der Waals surface area (Å²) in [6.07, 6.45) is 4.93. The predicted octanol–water partition coefficient (Wildman–Crippen LogP) is 3.73. The molecule has 0 heterocycles. The van der Waals surface area contributed by atoms with Crippen molar-refractivity contribution >= 4 is 11.6 Å². The summed E-state index contributed by atoms with van der Waals surface area (Å²) in [6.45, 7) is 4.97. The molecule has 0 amide bonds. The molecule has 1 aliphatic rings. The fourth-order valence-electron chi connectivity index (χ4n) is 3.20. The quantitative estimate of drug-likeness (QED) is 0.834. The molecule has 1 saturated carbocycles. The van der Waals surface area contributed by atoms with Gasteiger partial charge in [-0.2, -0.15) is 0 Å². The van der Waals surface area contributed by atoms with Gasteiger partial charge in [-0.25, -0.2) is 0 Å². The minimum absolute atomic E-state index is 0.148. The van der Waals surface area contributed by atoms with Crippen LogP contribution in [0, 0.1) is 13.8 Å². The number of halogens is 1. The molecule has 1 nitrogen and oxygen atoms in total. The minimum Gasteiger partial charge on any atom is -0.330 e. The number of nitrogens with two attached hydrogens (primary N) is 1. The molecule has 0 bridgehead atoms. The predicted molar refractivity (Wildman–Crippen MR) is 70.1 cm³/mol. The molecule has 0 saturated heterocycles. The maximum absolute atomic E-state index is 6.43. The van der Waals surface area contributed by atoms with E-state index in [1.54, 1.807) is 0 Å². The van der Waals surface area contributed by atoms with Crippen LogP contribution in [0.3, 0.4) is 0 Å². The first-order valence-electron chi connectivity index (χ1n) is 6.06. The highest BCUT2D eigenvalue weighted by Gasteiger charge is 2.36. The Morgan fingerprint density at radius 2 is 1.88 bits per heavy atom. The average molecular weight is 238 g/mol. The second-order valence-electron chi connectivity index (χ2n) is 5.13. The van der Waals surface area contributed by atoms with Crippen LogP contribution in [0.25, 0.3) is 0 Å². The largest absolute Gasteiger partial charge is 0.330 e. The molecule has 1 fully saturated rings. The van der Waals surface area contributed by atoms with Gasteiger partial charge in [0.05, 0.1) is 0 Å². The molecular formula is C14H20ClN. The Bertz CT molecular complexity index is 369. The van der Waals surface area contributed by atoms with Gasteiger partial charge in [-0.15, -0.1) is 0 Å². The van der Waals surface area contributed by atoms with E-state index in [1.807, 2.05) is 0 Å². The van der Waals surface area contributed by atoms with E-state index in [2.05, 4.69) is 26.0 Å². The van der Waals surface area contributed by atoms with Gasteiger partial charge in [0.15, 0.2) is 0 Å². The van der Waals surface area contributed by atoms with Crippen LogP contribution in [0.2, 0.25) is 5.02 Å². The molecule has 0 spiro atoms. The van der Waals surface area contributed by atoms with Gasteiger partial charge < -0.3 is 5.73 Å². The first-order chi connectivity index (χ1) is 7.59. The molecule has 2 N–H and O–H groups in total. The van der Waals surface area contributed by atoms with Crippen LogP contribution in [0.4, 0.5) is 0 Å². The van der Waals surface area contributed by atoms with Crippen LogP contribution in [-0.4, -0.2) is 6.54 Å². The van der Waals surface area contributed by atoms with E-state index in [-0.39, 0.29) is 5.41 Å². The van der Waals surface area contributed by atoms with Gasteiger partial charge in [0.25, 0.3) is 0 Å². The Hall–Kier alpha value is -0.530. The molecule has 2 rings (SSSR count). The zero-order valence-electron chi connectivity index (χ0n) is 10.1. The summed E-state index contributed by atoms with van der Waals surface area (Å²) in [5.74, 6) is 0. The molecule has 0 aromatic heterocycles. The fourth-order valence-corrected chi connectivity index (χ4v) is 3.72. The number of aryl methyl sites for hydroxylation is 2. The number of rotatable bonds is 2. The maximum atomic E-state index is 6.43. The van der Waals surface area contributed by atoms with Crippen molar-refractivity contribution in [3.8, 4) is 0 Å². The van der Waals surface area contributed by atoms with Gasteiger partial charge in [0.1, 0.15) is 0 Å². The van der Waals surface area contributed by atoms with Gasteiger partial charge >= 0.3 is 0 Å². The van der Waals surface area contributed by atoms with Gasteiger partial charge in [0, 0.05) is 17.0 Å². The first-order valence-corrected chi connectivity index (χ1v) is 6.44. The van der Waals surface area contributed by atoms with E-state index in [1.165, 1.54) is 42.4 Å². The lowest BCUT2D eigenvalue weighted by Gasteiger charge is -2.31. The Kier molecular flexibility index (Phi) is 3.27. The molecule has 88 valence electrons. The second-order valence-corrected chi connectivity index (χ2v) is 5.54. The Morgan fingerprint density at radius 3 is 2.38 bits per heavy atom. The average Bonchev–Trinajstić information content (AvgIpc) is 2.66. The summed E-state index contributed by atoms with van der Waals surface area (Å²) in [7, 11) is 0. The van der Waals surface area contributed by atoms with Crippen molar-refractivity contribution in [2.24, 2.45) is 5.73 Å². The lowest BCUT2D eigenvalue weighted by molar-refractivity contribution is 0.451. The highest BCUT2D eigenvalue weighted by atomic mass is 35.5. The van der Waals surface area contributed by atoms with Gasteiger partial charge in [-0.05, 0) is 49.4 Å². The van der Waals surface area contributed by atoms with Crippen LogP contribution >= 0.6 is 11.6 Å². The van der Waals surface area contributed by atoms with Gasteiger partial charge in [-0.3, -0.25) is 0 Å². The second kappa shape index (κ2) is 4.38. The van der Waals surface area contributed by atoms with Crippen LogP contribution < -0.4 is 5.73 Å². The van der Waals surface area contributed by atoms with Crippen molar-refractivity contribution in [3.63, 3.8) is 0 Å². The van der Waals surface area contributed by atoms with Crippen LogP contribution in [0.1, 0.15) is 42.4 Å². The summed E-state index contributed by atoms with van der Waals surface area (Å²) in [6, 6.07) is 4.29. The summed E-state index contributed by atoms with van der Waals surface area (Å²) >= 11 is 6.43. The molecule has 1 aromatic carbocycles. The lowest BCUT2D eigenvalue weighted by Crippen LogP contribution is -2.33. The molecule has 0 atom stereocenters. The van der Waals surface area contributed by atoms with Crippen molar-refractivity contribution in [1.29, 1.82) is 0 Å². The monoisotopic (exact) mass is 237 g/mol. The Morgan fingerprint density at radius 1 is 1.25 bits per heavy atom. The standard InChI is InChI=1S/C14H20ClN/c1-10-7-11(2)13(12(15)8-10)14(9-16)5-3-4-6-14/h7-8H,3-6,9,16H2,1-2H3. The van der Waals surface area contributed by atoms with Crippen molar-refractivity contribution in [3.05, 3.63) is 33.8 Å². The molecule has 0 unspecified atom stereocenters. The summed E-state index contributed by atoms with van der Waals surface area (Å²) in [5.41, 5.74) is 10.0. The highest BCUT2D eigenvalue weighted by Crippen LogP contribution is 2.44. The SMILES string of the molecule is Cc1cc(C)c(C2(CN)CCCC2)c(Cl)c1. The van der Waals surface area contributed by atoms with E-state index in [9.17, 15) is 0 Å². The first kappa shape index (κ1) is 11.9. The van der Waals surface area contributed by atoms with Crippen LogP contribution in [0.15, 0.2) is 12.1 Å². The van der Waals surface area contributed by atoms with Crippen molar-refractivity contribution in [1.82, 2.24) is 0 Å². The Balaban J connectivity index is 2.54. The third-order valence-electron chi connectivity index (χ3n) is 3.91. The van der Waals surface area contributed by atoms with Gasteiger partial charge in [0.2, 0.25) is 0 Å². The highest BCUT2D eigenvalue weighted by molar-refractivity contribution is 6.31. The molecule has 16 heavy (non-hydrogen) atoms. The number of hydrogen-bond donors (Lipinski definition) is 1. The normalized spacial score (nSPS) is 19.0. The van der Waals surface area contributed by atoms with Crippen LogP contribution in [-0.2, 0) is 5.41 Å². The minimum atomic E-state index is 0.148. The van der Waals surface area contributed by atoms with Crippen molar-refractivity contribution < 1.29 is 0 Å². The van der Waals surface area contributed by atoms with E-state index in [4.69, 9.17) is 17.3 Å². The molecule has 2 heteroatoms. The van der Waals surface area contributed by atoms with Crippen molar-refractivity contribution in [2.45, 2.75) is 44.9 Å². The zero-order valence-corrected chi connectivity index (χ0v) is 10.9. The Labute approximate surface area is 103 Å². The number of hydrogen-bond acceptors (Lipinski definition) is 1. The third-order valence-corrected chi connectivity index (χ3v) is 4.21. The summed E-state index contributed by atoms with van der Waals surface area (Å²) in [5, 5.41) is 0.907. The fraction of sp³-hybridized carbons (Fsp3) is 0.571. The zero-order chi connectivity index (χ0) is 11.8. The van der Waals surface area contributed by atoms with E-state index < -0.39 is 0 Å². The van der Waals surface area contributed by atoms with E-state index in [0.717, 1.165) is 11.6 Å². The molecule has 1 aromatic rings. The van der Waals surface area contributed by atoms with E-state index in [0.29, 0.717) is 0 Å². The molecule has 0 radical (unpaired) electrons. The summed E-state index contributed by atoms with van der Waals surface area (Å²) < 4.78 is 0. The topological polar surface area (TPSA) is 26.0 Å². The third kappa shape index (κ3) is 1.87. The van der Waals surface area contributed by atoms with E-state index >= 15 is 0 Å². The molecule has 0 aliphatic heterocycles. The lowest BCUT2D eigenvalue weighted by atomic mass is 9.76. The maximum Gasteiger partial charge on any atom is 0.0449 e. The number of benzene rings is 1. The molecule has 1 aliphatic carbocycles. The summed E-state index contributed by atoms with van der Waals surface area (Å²) in [4.78, 5) is 0. The molecular weight excluding hydrogens is 218 g/mol.